The van der Waals surface area contributed by atoms with Crippen LogP contribution < -0.4 is 0 Å². The summed E-state index contributed by atoms with van der Waals surface area (Å²) >= 11 is 0. The van der Waals surface area contributed by atoms with Crippen LogP contribution in [-0.2, 0) is 20.9 Å². The highest BCUT2D eigenvalue weighted by atomic mass is 19.1. The number of amides is 3. The average Bonchev–Trinajstić information content (AvgIpc) is 3.31. The van der Waals surface area contributed by atoms with Crippen molar-refractivity contribution < 1.29 is 23.2 Å². The van der Waals surface area contributed by atoms with Crippen LogP contribution in [0.15, 0.2) is 18.2 Å². The third kappa shape index (κ3) is 3.60. The number of imide groups is 1. The van der Waals surface area contributed by atoms with Crippen LogP contribution in [-0.4, -0.2) is 40.1 Å². The van der Waals surface area contributed by atoms with Crippen LogP contribution in [0.2, 0.25) is 0 Å². The van der Waals surface area contributed by atoms with E-state index in [4.69, 9.17) is 0 Å². The first-order valence-corrected chi connectivity index (χ1v) is 8.02. The zero-order valence-electron chi connectivity index (χ0n) is 13.1. The van der Waals surface area contributed by atoms with Crippen molar-refractivity contribution in [3.05, 3.63) is 35.4 Å². The quantitative estimate of drug-likeness (QED) is 0.747. The van der Waals surface area contributed by atoms with Crippen molar-refractivity contribution in [1.82, 2.24) is 9.80 Å². The number of carbonyl (C=O) groups is 3. The Balaban J connectivity index is 1.63. The molecule has 1 heterocycles. The van der Waals surface area contributed by atoms with Crippen molar-refractivity contribution in [2.75, 3.05) is 6.54 Å². The number of carbonyl (C=O) groups excluding carboxylic acids is 3. The Kier molecular flexibility index (Phi) is 4.59. The van der Waals surface area contributed by atoms with Gasteiger partial charge in [-0.1, -0.05) is 6.07 Å². The van der Waals surface area contributed by atoms with Crippen LogP contribution in [0.4, 0.5) is 8.78 Å². The topological polar surface area (TPSA) is 57.7 Å². The van der Waals surface area contributed by atoms with Crippen LogP contribution in [0.3, 0.4) is 0 Å². The van der Waals surface area contributed by atoms with Gasteiger partial charge in [0.15, 0.2) is 0 Å². The van der Waals surface area contributed by atoms with E-state index in [1.54, 1.807) is 4.90 Å². The minimum Gasteiger partial charge on any atom is -0.335 e. The normalized spacial score (nSPS) is 17.5. The Hall–Kier alpha value is -2.31. The Morgan fingerprint density at radius 3 is 2.42 bits per heavy atom. The van der Waals surface area contributed by atoms with Crippen LogP contribution in [0.5, 0.6) is 0 Å². The Bertz CT molecular complexity index is 672. The van der Waals surface area contributed by atoms with E-state index in [1.165, 1.54) is 6.07 Å². The van der Waals surface area contributed by atoms with Gasteiger partial charge in [0.25, 0.3) is 0 Å². The fourth-order valence-corrected chi connectivity index (χ4v) is 2.86. The molecule has 1 saturated heterocycles. The summed E-state index contributed by atoms with van der Waals surface area (Å²) in [6.45, 7) is 0.128. The van der Waals surface area contributed by atoms with Crippen molar-refractivity contribution in [1.29, 1.82) is 0 Å². The van der Waals surface area contributed by atoms with Crippen LogP contribution in [0.1, 0.15) is 37.7 Å². The summed E-state index contributed by atoms with van der Waals surface area (Å²) in [5.41, 5.74) is 0.255. The smallest absolute Gasteiger partial charge is 0.229 e. The second-order valence-electron chi connectivity index (χ2n) is 6.18. The predicted molar refractivity (Wildman–Crippen MR) is 80.5 cm³/mol. The summed E-state index contributed by atoms with van der Waals surface area (Å²) in [5, 5.41) is 0. The lowest BCUT2D eigenvalue weighted by Crippen LogP contribution is -2.37. The van der Waals surface area contributed by atoms with Gasteiger partial charge in [0.05, 0.1) is 0 Å². The molecule has 1 aromatic rings. The van der Waals surface area contributed by atoms with Gasteiger partial charge < -0.3 is 4.90 Å². The molecule has 0 radical (unpaired) electrons. The maximum atomic E-state index is 13.8. The van der Waals surface area contributed by atoms with Gasteiger partial charge in [0, 0.05) is 50.0 Å². The second-order valence-corrected chi connectivity index (χ2v) is 6.18. The third-order valence-corrected chi connectivity index (χ3v) is 4.37. The van der Waals surface area contributed by atoms with Gasteiger partial charge in [-0.15, -0.1) is 0 Å². The molecule has 0 atom stereocenters. The molecule has 5 nitrogen and oxygen atoms in total. The van der Waals surface area contributed by atoms with Crippen LogP contribution >= 0.6 is 0 Å². The van der Waals surface area contributed by atoms with Crippen molar-refractivity contribution in [2.45, 2.75) is 44.7 Å². The molecule has 7 heteroatoms. The minimum atomic E-state index is -0.682. The van der Waals surface area contributed by atoms with E-state index in [-0.39, 0.29) is 61.7 Å². The summed E-state index contributed by atoms with van der Waals surface area (Å²) in [6.07, 6.45) is 2.10. The standard InChI is InChI=1S/C17H18F2N2O3/c18-12-2-1-11(14(19)9-12)10-21(13-3-4-13)17(24)7-8-20-15(22)5-6-16(20)23/h1-2,9,13H,3-8,10H2. The van der Waals surface area contributed by atoms with E-state index in [0.29, 0.717) is 0 Å². The molecule has 0 spiro atoms. The largest absolute Gasteiger partial charge is 0.335 e. The van der Waals surface area contributed by atoms with E-state index in [9.17, 15) is 23.2 Å². The first-order chi connectivity index (χ1) is 11.5. The van der Waals surface area contributed by atoms with Gasteiger partial charge in [0.1, 0.15) is 11.6 Å². The molecule has 2 aliphatic rings. The maximum Gasteiger partial charge on any atom is 0.229 e. The second kappa shape index (κ2) is 6.67. The number of halogens is 2. The molecule has 3 amide bonds. The molecule has 0 bridgehead atoms. The zero-order valence-corrected chi connectivity index (χ0v) is 13.1. The minimum absolute atomic E-state index is 0.0246. The first-order valence-electron chi connectivity index (χ1n) is 8.02. The number of likely N-dealkylation sites (tertiary alicyclic amines) is 1. The number of benzene rings is 1. The molecular weight excluding hydrogens is 318 g/mol. The molecule has 128 valence electrons. The molecule has 2 fully saturated rings. The molecule has 1 aliphatic carbocycles. The lowest BCUT2D eigenvalue weighted by atomic mass is 10.2. The SMILES string of the molecule is O=C1CCC(=O)N1CCC(=O)N(Cc1ccc(F)cc1F)C1CC1. The lowest BCUT2D eigenvalue weighted by Gasteiger charge is -2.24. The molecule has 0 aromatic heterocycles. The van der Waals surface area contributed by atoms with Gasteiger partial charge >= 0.3 is 0 Å². The van der Waals surface area contributed by atoms with Gasteiger partial charge in [-0.25, -0.2) is 8.78 Å². The molecular formula is C17H18F2N2O3. The van der Waals surface area contributed by atoms with Gasteiger partial charge in [-0.05, 0) is 18.9 Å². The molecule has 1 aliphatic heterocycles. The number of hydrogen-bond acceptors (Lipinski definition) is 3. The first kappa shape index (κ1) is 16.5. The van der Waals surface area contributed by atoms with E-state index >= 15 is 0 Å². The van der Waals surface area contributed by atoms with Gasteiger partial charge in [-0.3, -0.25) is 19.3 Å². The highest BCUT2D eigenvalue weighted by molar-refractivity contribution is 6.02. The van der Waals surface area contributed by atoms with E-state index in [2.05, 4.69) is 0 Å². The number of rotatable bonds is 6. The lowest BCUT2D eigenvalue weighted by molar-refractivity contribution is -0.139. The fourth-order valence-electron chi connectivity index (χ4n) is 2.86. The van der Waals surface area contributed by atoms with E-state index in [1.807, 2.05) is 0 Å². The molecule has 1 saturated carbocycles. The molecule has 24 heavy (non-hydrogen) atoms. The summed E-state index contributed by atoms with van der Waals surface area (Å²) in [4.78, 5) is 38.3. The Morgan fingerprint density at radius 2 is 1.83 bits per heavy atom. The predicted octanol–water partition coefficient (Wildman–Crippen LogP) is 1.99. The summed E-state index contributed by atoms with van der Waals surface area (Å²) in [7, 11) is 0. The average molecular weight is 336 g/mol. The van der Waals surface area contributed by atoms with Crippen molar-refractivity contribution in [3.8, 4) is 0 Å². The monoisotopic (exact) mass is 336 g/mol. The van der Waals surface area contributed by atoms with Crippen LogP contribution in [0, 0.1) is 11.6 Å². The number of hydrogen-bond donors (Lipinski definition) is 0. The zero-order chi connectivity index (χ0) is 17.3. The highest BCUT2D eigenvalue weighted by Crippen LogP contribution is 2.29. The third-order valence-electron chi connectivity index (χ3n) is 4.37. The molecule has 0 N–H and O–H groups in total. The molecule has 1 aromatic carbocycles. The number of nitrogens with zero attached hydrogens (tertiary/aromatic N) is 2. The highest BCUT2D eigenvalue weighted by Gasteiger charge is 2.34. The van der Waals surface area contributed by atoms with E-state index < -0.39 is 11.6 Å². The van der Waals surface area contributed by atoms with Crippen molar-refractivity contribution in [2.24, 2.45) is 0 Å². The van der Waals surface area contributed by atoms with Crippen molar-refractivity contribution >= 4 is 17.7 Å². The van der Waals surface area contributed by atoms with E-state index in [0.717, 1.165) is 29.9 Å². The fraction of sp³-hybridized carbons (Fsp3) is 0.471. The van der Waals surface area contributed by atoms with Crippen molar-refractivity contribution in [3.63, 3.8) is 0 Å². The van der Waals surface area contributed by atoms with Gasteiger partial charge in [-0.2, -0.15) is 0 Å². The van der Waals surface area contributed by atoms with Crippen LogP contribution in [0.25, 0.3) is 0 Å². The summed E-state index contributed by atoms with van der Waals surface area (Å²) in [5.74, 6) is -2.08. The molecule has 0 unspecified atom stereocenters. The Labute approximate surface area is 138 Å². The van der Waals surface area contributed by atoms with Gasteiger partial charge in [0.2, 0.25) is 17.7 Å². The summed E-state index contributed by atoms with van der Waals surface area (Å²) in [6, 6.07) is 3.34. The Morgan fingerprint density at radius 1 is 1.17 bits per heavy atom. The molecule has 3 rings (SSSR count). The summed E-state index contributed by atoms with van der Waals surface area (Å²) < 4.78 is 26.8. The maximum absolute atomic E-state index is 13.8.